The highest BCUT2D eigenvalue weighted by atomic mass is 32.1. The van der Waals surface area contributed by atoms with E-state index in [0.717, 1.165) is 28.8 Å². The third kappa shape index (κ3) is 6.70. The van der Waals surface area contributed by atoms with Crippen molar-refractivity contribution in [3.8, 4) is 0 Å². The number of hydrogen-bond acceptors (Lipinski definition) is 4. The van der Waals surface area contributed by atoms with E-state index in [-0.39, 0.29) is 12.4 Å². The van der Waals surface area contributed by atoms with Crippen LogP contribution in [-0.4, -0.2) is 38.1 Å². The minimum Gasteiger partial charge on any atom is -0.374 e. The Hall–Kier alpha value is -2.36. The van der Waals surface area contributed by atoms with Crippen molar-refractivity contribution in [2.24, 2.45) is 4.99 Å². The molecule has 0 unspecified atom stereocenters. The molecule has 0 aliphatic heterocycles. The Bertz CT molecular complexity index is 760. The van der Waals surface area contributed by atoms with Crippen molar-refractivity contribution in [3.05, 3.63) is 46.2 Å². The number of rotatable bonds is 7. The molecule has 0 aliphatic rings. The van der Waals surface area contributed by atoms with E-state index in [1.165, 1.54) is 12.1 Å². The minimum absolute atomic E-state index is 0.156. The quantitative estimate of drug-likeness (QED) is 0.322. The van der Waals surface area contributed by atoms with Crippen LogP contribution in [0.3, 0.4) is 0 Å². The molecule has 1 aromatic carbocycles. The Balaban J connectivity index is 1.72. The van der Waals surface area contributed by atoms with E-state index in [1.54, 1.807) is 13.1 Å². The van der Waals surface area contributed by atoms with Crippen molar-refractivity contribution >= 4 is 23.0 Å². The van der Waals surface area contributed by atoms with E-state index in [0.29, 0.717) is 24.1 Å². The lowest BCUT2D eigenvalue weighted by atomic mass is 10.2. The molecule has 2 aromatic rings. The molecule has 148 valence electrons. The summed E-state index contributed by atoms with van der Waals surface area (Å²) in [6.07, 6.45) is -3.66. The fourth-order valence-electron chi connectivity index (χ4n) is 2.27. The van der Waals surface area contributed by atoms with Crippen molar-refractivity contribution in [3.63, 3.8) is 0 Å². The van der Waals surface area contributed by atoms with Gasteiger partial charge in [0.15, 0.2) is 11.7 Å². The molecule has 1 heterocycles. The predicted molar refractivity (Wildman–Crippen MR) is 99.6 cm³/mol. The van der Waals surface area contributed by atoms with Crippen molar-refractivity contribution in [2.75, 3.05) is 32.1 Å². The molecule has 0 fully saturated rings. The van der Waals surface area contributed by atoms with E-state index in [2.05, 4.69) is 20.6 Å². The average molecular weight is 403 g/mol. The predicted octanol–water partition coefficient (Wildman–Crippen LogP) is 3.49. The lowest BCUT2D eigenvalue weighted by Gasteiger charge is -2.19. The number of thiazole rings is 1. The number of alkyl halides is 3. The minimum atomic E-state index is -4.43. The molecule has 0 saturated heterocycles. The molecule has 0 amide bonds. The summed E-state index contributed by atoms with van der Waals surface area (Å²) in [6.45, 7) is 1.46. The smallest absolute Gasteiger partial charge is 0.374 e. The van der Waals surface area contributed by atoms with E-state index in [4.69, 9.17) is 0 Å². The van der Waals surface area contributed by atoms with E-state index in [1.807, 2.05) is 18.0 Å². The van der Waals surface area contributed by atoms with Crippen LogP contribution in [0.5, 0.6) is 0 Å². The molecule has 2 N–H and O–H groups in total. The lowest BCUT2D eigenvalue weighted by molar-refractivity contribution is -0.140. The molecule has 2 rings (SSSR count). The number of benzene rings is 1. The number of nitrogens with zero attached hydrogens (tertiary/aromatic N) is 3. The third-order valence-electron chi connectivity index (χ3n) is 3.68. The third-order valence-corrected chi connectivity index (χ3v) is 4.53. The molecule has 27 heavy (non-hydrogen) atoms. The SMILES string of the molecule is CN=C(NCCCN(C)c1cccc(F)c1)NCc1nc(C(F)(F)F)cs1. The normalized spacial score (nSPS) is 12.1. The van der Waals surface area contributed by atoms with Gasteiger partial charge in [-0.3, -0.25) is 4.99 Å². The first-order chi connectivity index (χ1) is 12.8. The van der Waals surface area contributed by atoms with Gasteiger partial charge < -0.3 is 15.5 Å². The van der Waals surface area contributed by atoms with Crippen molar-refractivity contribution < 1.29 is 17.6 Å². The molecule has 0 aliphatic carbocycles. The summed E-state index contributed by atoms with van der Waals surface area (Å²) < 4.78 is 50.9. The van der Waals surface area contributed by atoms with Crippen LogP contribution in [0, 0.1) is 5.82 Å². The number of nitrogens with one attached hydrogen (secondary N) is 2. The van der Waals surface area contributed by atoms with Gasteiger partial charge in [0, 0.05) is 38.3 Å². The number of aromatic nitrogens is 1. The fraction of sp³-hybridized carbons (Fsp3) is 0.412. The van der Waals surface area contributed by atoms with E-state index >= 15 is 0 Å². The summed E-state index contributed by atoms with van der Waals surface area (Å²) in [5, 5.41) is 7.35. The molecular formula is C17H21F4N5S. The second-order valence-corrected chi connectivity index (χ2v) is 6.67. The summed E-state index contributed by atoms with van der Waals surface area (Å²) in [7, 11) is 3.46. The Kier molecular flexibility index (Phi) is 7.40. The van der Waals surface area contributed by atoms with Crippen LogP contribution >= 0.6 is 11.3 Å². The van der Waals surface area contributed by atoms with Gasteiger partial charge in [0.2, 0.25) is 0 Å². The Morgan fingerprint density at radius 1 is 1.30 bits per heavy atom. The number of guanidine groups is 1. The Labute approximate surface area is 159 Å². The second kappa shape index (κ2) is 9.54. The zero-order valence-electron chi connectivity index (χ0n) is 15.0. The lowest BCUT2D eigenvalue weighted by Crippen LogP contribution is -2.38. The van der Waals surface area contributed by atoms with Gasteiger partial charge >= 0.3 is 6.18 Å². The molecule has 0 radical (unpaired) electrons. The zero-order chi connectivity index (χ0) is 19.9. The molecule has 0 saturated carbocycles. The number of hydrogen-bond donors (Lipinski definition) is 2. The maximum absolute atomic E-state index is 13.2. The van der Waals surface area contributed by atoms with Gasteiger partial charge in [-0.05, 0) is 24.6 Å². The van der Waals surface area contributed by atoms with Gasteiger partial charge in [-0.15, -0.1) is 11.3 Å². The first kappa shape index (κ1) is 20.9. The second-order valence-electron chi connectivity index (χ2n) is 5.73. The van der Waals surface area contributed by atoms with Gasteiger partial charge in [0.25, 0.3) is 0 Å². The average Bonchev–Trinajstić information content (AvgIpc) is 3.10. The highest BCUT2D eigenvalue weighted by Crippen LogP contribution is 2.29. The van der Waals surface area contributed by atoms with Crippen LogP contribution < -0.4 is 15.5 Å². The van der Waals surface area contributed by atoms with Crippen LogP contribution in [0.1, 0.15) is 17.1 Å². The summed E-state index contributed by atoms with van der Waals surface area (Å²) in [5.74, 6) is 0.199. The van der Waals surface area contributed by atoms with Crippen LogP contribution in [0.4, 0.5) is 23.2 Å². The zero-order valence-corrected chi connectivity index (χ0v) is 15.8. The highest BCUT2D eigenvalue weighted by molar-refractivity contribution is 7.09. The first-order valence-corrected chi connectivity index (χ1v) is 9.10. The van der Waals surface area contributed by atoms with E-state index < -0.39 is 11.9 Å². The van der Waals surface area contributed by atoms with Gasteiger partial charge in [0.1, 0.15) is 10.8 Å². The van der Waals surface area contributed by atoms with Gasteiger partial charge in [-0.2, -0.15) is 13.2 Å². The van der Waals surface area contributed by atoms with Gasteiger partial charge in [-0.25, -0.2) is 9.37 Å². The van der Waals surface area contributed by atoms with Crippen LogP contribution in [0.15, 0.2) is 34.6 Å². The molecule has 5 nitrogen and oxygen atoms in total. The number of halogens is 4. The Morgan fingerprint density at radius 3 is 2.70 bits per heavy atom. The maximum Gasteiger partial charge on any atom is 0.434 e. The van der Waals surface area contributed by atoms with Crippen molar-refractivity contribution in [2.45, 2.75) is 19.1 Å². The van der Waals surface area contributed by atoms with Crippen LogP contribution in [-0.2, 0) is 12.7 Å². The fourth-order valence-corrected chi connectivity index (χ4v) is 3.01. The van der Waals surface area contributed by atoms with Crippen molar-refractivity contribution in [1.29, 1.82) is 0 Å². The number of aliphatic imine (C=N–C) groups is 1. The summed E-state index contributed by atoms with van der Waals surface area (Å²) in [5.41, 5.74) is -0.0885. The van der Waals surface area contributed by atoms with Crippen molar-refractivity contribution in [1.82, 2.24) is 15.6 Å². The molecular weight excluding hydrogens is 382 g/mol. The standard InChI is InChI=1S/C17H21F4N5S/c1-22-16(24-10-15-25-14(11-27-15)17(19,20)21)23-7-4-8-26(2)13-6-3-5-12(18)9-13/h3,5-6,9,11H,4,7-8,10H2,1-2H3,(H2,22,23,24). The topological polar surface area (TPSA) is 52.6 Å². The summed E-state index contributed by atoms with van der Waals surface area (Å²) in [4.78, 5) is 9.53. The molecule has 0 bridgehead atoms. The Morgan fingerprint density at radius 2 is 2.07 bits per heavy atom. The molecule has 0 atom stereocenters. The van der Waals surface area contributed by atoms with Gasteiger partial charge in [-0.1, -0.05) is 6.07 Å². The van der Waals surface area contributed by atoms with Gasteiger partial charge in [0.05, 0.1) is 6.54 Å². The number of anilines is 1. The summed E-state index contributed by atoms with van der Waals surface area (Å²) in [6, 6.07) is 6.36. The highest BCUT2D eigenvalue weighted by Gasteiger charge is 2.33. The molecule has 10 heteroatoms. The summed E-state index contributed by atoms with van der Waals surface area (Å²) >= 11 is 0.946. The maximum atomic E-state index is 13.2. The molecule has 0 spiro atoms. The monoisotopic (exact) mass is 403 g/mol. The first-order valence-electron chi connectivity index (χ1n) is 8.22. The van der Waals surface area contributed by atoms with Crippen LogP contribution in [0.25, 0.3) is 0 Å². The van der Waals surface area contributed by atoms with Crippen LogP contribution in [0.2, 0.25) is 0 Å². The molecule has 1 aromatic heterocycles. The van der Waals surface area contributed by atoms with E-state index in [9.17, 15) is 17.6 Å². The largest absolute Gasteiger partial charge is 0.434 e.